The smallest absolute Gasteiger partial charge is 0.288 e. The maximum Gasteiger partial charge on any atom is 0.288 e. The number of rotatable bonds is 6. The summed E-state index contributed by atoms with van der Waals surface area (Å²) in [5, 5.41) is 0. The quantitative estimate of drug-likeness (QED) is 0.396. The van der Waals surface area contributed by atoms with E-state index in [1.807, 2.05) is 0 Å². The van der Waals surface area contributed by atoms with Gasteiger partial charge < -0.3 is 4.74 Å². The van der Waals surface area contributed by atoms with Gasteiger partial charge in [-0.1, -0.05) is 49.8 Å². The number of hydrogen-bond acceptors (Lipinski definition) is 1. The van der Waals surface area contributed by atoms with Crippen molar-refractivity contribution in [2.24, 2.45) is 0 Å². The Kier molecular flexibility index (Phi) is 3.89. The molecule has 1 atom stereocenters. The van der Waals surface area contributed by atoms with Crippen LogP contribution in [0.2, 0.25) is 0 Å². The summed E-state index contributed by atoms with van der Waals surface area (Å²) >= 11 is 0. The van der Waals surface area contributed by atoms with Gasteiger partial charge in [0.1, 0.15) is 11.4 Å². The number of benzene rings is 1. The lowest BCUT2D eigenvalue weighted by molar-refractivity contribution is -0.0206. The average molecular weight is 314 g/mol. The Balaban J connectivity index is 3.13. The third kappa shape index (κ3) is 5.80. The molecule has 7 heteroatoms. The molecule has 0 radical (unpaired) electrons. The topological polar surface area (TPSA) is 9.23 Å². The van der Waals surface area contributed by atoms with Crippen LogP contribution < -0.4 is 0 Å². The predicted molar refractivity (Wildman–Crippen MR) is 71.2 cm³/mol. The molecule has 1 nitrogen and oxygen atoms in total. The van der Waals surface area contributed by atoms with Crippen molar-refractivity contribution in [1.29, 1.82) is 0 Å². The second-order valence-corrected chi connectivity index (χ2v) is 7.22. The van der Waals surface area contributed by atoms with E-state index in [1.54, 1.807) is 6.07 Å². The highest BCUT2D eigenvalue weighted by molar-refractivity contribution is 8.45. The maximum atomic E-state index is 12.8. The Morgan fingerprint density at radius 2 is 1.70 bits per heavy atom. The number of ether oxygens (including phenoxy) is 1. The monoisotopic (exact) mass is 314 g/mol. The molecular formula is C13H15F5OS. The molecule has 0 aliphatic rings. The van der Waals surface area contributed by atoms with Gasteiger partial charge in [0, 0.05) is 6.42 Å². The molecule has 0 spiro atoms. The van der Waals surface area contributed by atoms with Crippen LogP contribution in [0.5, 0.6) is 0 Å². The summed E-state index contributed by atoms with van der Waals surface area (Å²) in [4.78, 5) is 0. The van der Waals surface area contributed by atoms with Gasteiger partial charge in [0.05, 0.1) is 6.61 Å². The molecule has 0 aromatic heterocycles. The van der Waals surface area contributed by atoms with Crippen molar-refractivity contribution in [2.45, 2.75) is 18.9 Å². The summed E-state index contributed by atoms with van der Waals surface area (Å²) in [5.74, 6) is -0.128. The molecule has 1 aromatic rings. The SMILES string of the molecule is C#CCCOC(C)(CS(F)(F)(F)(F)F)c1ccccc1. The van der Waals surface area contributed by atoms with Crippen molar-refractivity contribution in [2.75, 3.05) is 12.4 Å². The Bertz CT molecular complexity index is 505. The van der Waals surface area contributed by atoms with Crippen LogP contribution in [0.1, 0.15) is 18.9 Å². The van der Waals surface area contributed by atoms with E-state index in [1.165, 1.54) is 24.3 Å². The summed E-state index contributed by atoms with van der Waals surface area (Å²) in [5.41, 5.74) is -2.13. The standard InChI is InChI=1S/C13H15F5OS/c1-3-4-10-19-13(2,11-20(14,15,16,17)18)12-8-6-5-7-9-12/h1,5-9H,4,10-11H2,2H3. The molecule has 0 saturated carbocycles. The van der Waals surface area contributed by atoms with Crippen molar-refractivity contribution < 1.29 is 24.2 Å². The number of hydrogen-bond donors (Lipinski definition) is 0. The van der Waals surface area contributed by atoms with Crippen LogP contribution in [0.4, 0.5) is 19.4 Å². The molecule has 1 rings (SSSR count). The van der Waals surface area contributed by atoms with Crippen molar-refractivity contribution in [3.05, 3.63) is 35.9 Å². The van der Waals surface area contributed by atoms with E-state index < -0.39 is 21.6 Å². The fourth-order valence-electron chi connectivity index (χ4n) is 1.85. The third-order valence-electron chi connectivity index (χ3n) is 2.60. The first-order valence-electron chi connectivity index (χ1n) is 5.71. The average Bonchev–Trinajstić information content (AvgIpc) is 2.26. The van der Waals surface area contributed by atoms with Gasteiger partial charge in [0.15, 0.2) is 0 Å². The van der Waals surface area contributed by atoms with Crippen LogP contribution in [0.3, 0.4) is 0 Å². The highest BCUT2D eigenvalue weighted by atomic mass is 32.5. The summed E-state index contributed by atoms with van der Waals surface area (Å²) in [6, 6.07) is 7.14. The minimum Gasteiger partial charge on any atom is -0.368 e. The first kappa shape index (κ1) is 16.8. The first-order valence-corrected chi connectivity index (χ1v) is 7.83. The van der Waals surface area contributed by atoms with E-state index in [0.29, 0.717) is 0 Å². The lowest BCUT2D eigenvalue weighted by Crippen LogP contribution is -2.36. The Morgan fingerprint density at radius 1 is 1.15 bits per heavy atom. The molecule has 20 heavy (non-hydrogen) atoms. The summed E-state index contributed by atoms with van der Waals surface area (Å²) in [6.07, 6.45) is 5.03. The maximum absolute atomic E-state index is 12.8. The molecular weight excluding hydrogens is 299 g/mol. The zero-order valence-corrected chi connectivity index (χ0v) is 11.6. The summed E-state index contributed by atoms with van der Waals surface area (Å²) in [6.45, 7) is 0.770. The van der Waals surface area contributed by atoms with Crippen LogP contribution in [0, 0.1) is 12.3 Å². The molecule has 1 unspecified atom stereocenters. The van der Waals surface area contributed by atoms with E-state index >= 15 is 0 Å². The zero-order valence-electron chi connectivity index (χ0n) is 10.8. The number of terminal acetylenes is 1. The highest BCUT2D eigenvalue weighted by Crippen LogP contribution is 2.98. The van der Waals surface area contributed by atoms with Crippen molar-refractivity contribution >= 4 is 10.2 Å². The van der Waals surface area contributed by atoms with Gasteiger partial charge in [-0.05, 0) is 12.5 Å². The van der Waals surface area contributed by atoms with Crippen LogP contribution >= 0.6 is 10.2 Å². The second kappa shape index (κ2) is 4.64. The molecule has 0 fully saturated rings. The molecule has 0 saturated heterocycles. The van der Waals surface area contributed by atoms with Gasteiger partial charge in [-0.15, -0.1) is 12.3 Å². The van der Waals surface area contributed by atoms with Crippen molar-refractivity contribution in [3.8, 4) is 12.3 Å². The van der Waals surface area contributed by atoms with E-state index in [2.05, 4.69) is 5.92 Å². The van der Waals surface area contributed by atoms with Gasteiger partial charge in [-0.25, -0.2) is 0 Å². The van der Waals surface area contributed by atoms with Gasteiger partial charge in [-0.2, -0.15) is 0 Å². The molecule has 1 aromatic carbocycles. The summed E-state index contributed by atoms with van der Waals surface area (Å²) < 4.78 is 69.0. The fraction of sp³-hybridized carbons (Fsp3) is 0.385. The highest BCUT2D eigenvalue weighted by Gasteiger charge is 2.67. The predicted octanol–water partition coefficient (Wildman–Crippen LogP) is 5.24. The summed E-state index contributed by atoms with van der Waals surface area (Å²) in [7, 11) is -9.62. The van der Waals surface area contributed by atoms with Crippen LogP contribution in [0.25, 0.3) is 0 Å². The minimum atomic E-state index is -9.62. The van der Waals surface area contributed by atoms with Crippen LogP contribution in [0.15, 0.2) is 30.3 Å². The molecule has 0 aliphatic heterocycles. The lowest BCUT2D eigenvalue weighted by atomic mass is 9.98. The Labute approximate surface area is 114 Å². The zero-order chi connectivity index (χ0) is 15.6. The van der Waals surface area contributed by atoms with Gasteiger partial charge in [0.2, 0.25) is 0 Å². The molecule has 0 bridgehead atoms. The largest absolute Gasteiger partial charge is 0.368 e. The van der Waals surface area contributed by atoms with Crippen LogP contribution in [-0.4, -0.2) is 12.4 Å². The molecule has 0 N–H and O–H groups in total. The minimum absolute atomic E-state index is 0.0327. The molecule has 0 aliphatic carbocycles. The second-order valence-electron chi connectivity index (χ2n) is 4.67. The normalized spacial score (nSPS) is 18.4. The van der Waals surface area contributed by atoms with E-state index in [9.17, 15) is 19.4 Å². The Hall–Kier alpha value is -1.26. The molecule has 114 valence electrons. The Morgan fingerprint density at radius 3 is 2.15 bits per heavy atom. The lowest BCUT2D eigenvalue weighted by Gasteiger charge is -2.46. The first-order chi connectivity index (χ1) is 8.85. The van der Waals surface area contributed by atoms with Crippen molar-refractivity contribution in [3.63, 3.8) is 0 Å². The molecule has 0 amide bonds. The number of halogens is 5. The van der Waals surface area contributed by atoms with Crippen molar-refractivity contribution in [1.82, 2.24) is 0 Å². The molecule has 0 heterocycles. The van der Waals surface area contributed by atoms with E-state index in [0.717, 1.165) is 6.92 Å². The van der Waals surface area contributed by atoms with Gasteiger partial charge in [0.25, 0.3) is 10.2 Å². The van der Waals surface area contributed by atoms with Gasteiger partial charge in [-0.3, -0.25) is 0 Å². The fourth-order valence-corrected chi connectivity index (χ4v) is 3.15. The van der Waals surface area contributed by atoms with E-state index in [-0.39, 0.29) is 18.6 Å². The van der Waals surface area contributed by atoms with Gasteiger partial charge >= 0.3 is 0 Å². The van der Waals surface area contributed by atoms with E-state index in [4.69, 9.17) is 11.2 Å². The third-order valence-corrected chi connectivity index (χ3v) is 3.70. The van der Waals surface area contributed by atoms with Crippen LogP contribution in [-0.2, 0) is 10.3 Å².